The highest BCUT2D eigenvalue weighted by molar-refractivity contribution is 5.98. The summed E-state index contributed by atoms with van der Waals surface area (Å²) in [6, 6.07) is 6.87. The molecule has 2 rings (SSSR count). The first kappa shape index (κ1) is 15.2. The van der Waals surface area contributed by atoms with Crippen LogP contribution in [-0.2, 0) is 16.1 Å². The lowest BCUT2D eigenvalue weighted by Gasteiger charge is -2.22. The molecule has 0 saturated carbocycles. The highest BCUT2D eigenvalue weighted by Crippen LogP contribution is 2.22. The van der Waals surface area contributed by atoms with Crippen LogP contribution < -0.4 is 5.32 Å². The first-order valence-electron chi connectivity index (χ1n) is 6.38. The molecule has 0 radical (unpaired) electrons. The second-order valence-corrected chi connectivity index (χ2v) is 4.18. The Hall–Kier alpha value is -1.88. The van der Waals surface area contributed by atoms with Gasteiger partial charge in [-0.15, -0.1) is 0 Å². The molecule has 1 unspecified atom stereocenters. The fourth-order valence-electron chi connectivity index (χ4n) is 1.99. The van der Waals surface area contributed by atoms with Gasteiger partial charge >= 0.3 is 5.97 Å². The van der Waals surface area contributed by atoms with Crippen molar-refractivity contribution in [2.45, 2.75) is 32.9 Å². The molecule has 1 atom stereocenters. The molecule has 1 aliphatic heterocycles. The Morgan fingerprint density at radius 2 is 2.05 bits per heavy atom. The van der Waals surface area contributed by atoms with Crippen molar-refractivity contribution in [2.24, 2.45) is 0 Å². The maximum Gasteiger partial charge on any atom is 0.305 e. The predicted octanol–water partition coefficient (Wildman–Crippen LogP) is 1.94. The Bertz CT molecular complexity index is 460. The third-order valence-corrected chi connectivity index (χ3v) is 2.90. The van der Waals surface area contributed by atoms with Crippen molar-refractivity contribution in [1.82, 2.24) is 4.90 Å². The molecule has 104 valence electrons. The van der Waals surface area contributed by atoms with Gasteiger partial charge in [0.1, 0.15) is 6.04 Å². The number of hydrogen-bond acceptors (Lipinski definition) is 3. The van der Waals surface area contributed by atoms with E-state index in [1.165, 1.54) is 0 Å². The minimum Gasteiger partial charge on any atom is -0.481 e. The van der Waals surface area contributed by atoms with E-state index in [2.05, 4.69) is 5.32 Å². The van der Waals surface area contributed by atoms with Crippen LogP contribution in [0.15, 0.2) is 24.3 Å². The van der Waals surface area contributed by atoms with Crippen molar-refractivity contribution in [3.05, 3.63) is 29.8 Å². The Morgan fingerprint density at radius 1 is 1.42 bits per heavy atom. The normalized spacial score (nSPS) is 18.5. The lowest BCUT2D eigenvalue weighted by atomic mass is 10.1. The molecule has 1 amide bonds. The summed E-state index contributed by atoms with van der Waals surface area (Å²) in [6.45, 7) is 4.56. The number of amides is 1. The van der Waals surface area contributed by atoms with Gasteiger partial charge in [-0.25, -0.2) is 0 Å². The Morgan fingerprint density at radius 3 is 2.68 bits per heavy atom. The molecule has 19 heavy (non-hydrogen) atoms. The van der Waals surface area contributed by atoms with Gasteiger partial charge in [-0.05, 0) is 18.7 Å². The third kappa shape index (κ3) is 3.79. The van der Waals surface area contributed by atoms with Gasteiger partial charge in [0.2, 0.25) is 5.91 Å². The van der Waals surface area contributed by atoms with Gasteiger partial charge in [-0.3, -0.25) is 14.5 Å². The number of para-hydroxylation sites is 1. The lowest BCUT2D eigenvalue weighted by molar-refractivity contribution is -0.140. The molecule has 1 aromatic carbocycles. The van der Waals surface area contributed by atoms with Crippen LogP contribution in [0.4, 0.5) is 5.69 Å². The number of nitrogens with one attached hydrogen (secondary N) is 1. The predicted molar refractivity (Wildman–Crippen MR) is 73.9 cm³/mol. The molecule has 5 nitrogen and oxygen atoms in total. The zero-order valence-electron chi connectivity index (χ0n) is 11.5. The van der Waals surface area contributed by atoms with Gasteiger partial charge in [0.15, 0.2) is 0 Å². The molecule has 2 N–H and O–H groups in total. The molecular weight excluding hydrogens is 244 g/mol. The summed E-state index contributed by atoms with van der Waals surface area (Å²) in [7, 11) is 1.76. The van der Waals surface area contributed by atoms with Crippen LogP contribution in [0.2, 0.25) is 0 Å². The molecule has 5 heteroatoms. The van der Waals surface area contributed by atoms with Crippen LogP contribution in [0.25, 0.3) is 0 Å². The number of anilines is 1. The van der Waals surface area contributed by atoms with Crippen molar-refractivity contribution in [2.75, 3.05) is 12.4 Å². The molecule has 1 aromatic rings. The number of nitrogens with zero attached hydrogens (tertiary/aromatic N) is 1. The van der Waals surface area contributed by atoms with Crippen molar-refractivity contribution >= 4 is 17.6 Å². The van der Waals surface area contributed by atoms with Crippen molar-refractivity contribution in [1.29, 1.82) is 0 Å². The first-order valence-corrected chi connectivity index (χ1v) is 6.38. The number of carbonyl (C=O) groups is 2. The van der Waals surface area contributed by atoms with E-state index in [1.807, 2.05) is 38.1 Å². The molecule has 1 aliphatic rings. The summed E-state index contributed by atoms with van der Waals surface area (Å²) in [6.07, 6.45) is -0.184. The summed E-state index contributed by atoms with van der Waals surface area (Å²) in [5.41, 5.74) is 1.76. The Kier molecular flexibility index (Phi) is 5.51. The zero-order chi connectivity index (χ0) is 14.4. The van der Waals surface area contributed by atoms with E-state index in [-0.39, 0.29) is 12.3 Å². The zero-order valence-corrected chi connectivity index (χ0v) is 11.5. The van der Waals surface area contributed by atoms with E-state index >= 15 is 0 Å². The number of likely N-dealkylation sites (N-methyl/N-ethyl adjacent to an activating group) is 1. The highest BCUT2D eigenvalue weighted by atomic mass is 16.4. The second kappa shape index (κ2) is 6.89. The molecular formula is C14H20N2O3. The third-order valence-electron chi connectivity index (χ3n) is 2.90. The van der Waals surface area contributed by atoms with Crippen LogP contribution in [0.5, 0.6) is 0 Å². The molecule has 0 bridgehead atoms. The lowest BCUT2D eigenvalue weighted by Crippen LogP contribution is -2.40. The number of rotatable bonds is 2. The summed E-state index contributed by atoms with van der Waals surface area (Å²) in [5, 5.41) is 11.6. The van der Waals surface area contributed by atoms with Crippen LogP contribution >= 0.6 is 0 Å². The summed E-state index contributed by atoms with van der Waals surface area (Å²) < 4.78 is 0. The fourth-order valence-corrected chi connectivity index (χ4v) is 1.99. The van der Waals surface area contributed by atoms with E-state index < -0.39 is 12.0 Å². The van der Waals surface area contributed by atoms with E-state index in [0.717, 1.165) is 11.3 Å². The highest BCUT2D eigenvalue weighted by Gasteiger charge is 2.29. The van der Waals surface area contributed by atoms with Gasteiger partial charge in [-0.1, -0.05) is 32.0 Å². The number of hydrogen-bond donors (Lipinski definition) is 2. The quantitative estimate of drug-likeness (QED) is 0.856. The number of benzene rings is 1. The Balaban J connectivity index is 0.000000861. The number of carboxylic acid groups (broad SMARTS) is 1. The van der Waals surface area contributed by atoms with Crippen molar-refractivity contribution in [3.8, 4) is 0 Å². The molecule has 1 heterocycles. The standard InChI is InChI=1S/C12H14N2O3.C2H6/c1-14-7-8-4-2-3-5-9(8)13-12(17)10(14)6-11(15)16;1-2/h2-5,10H,6-7H2,1H3,(H,13,17)(H,15,16);1-2H3. The molecule has 0 fully saturated rings. The van der Waals surface area contributed by atoms with E-state index in [9.17, 15) is 9.59 Å². The van der Waals surface area contributed by atoms with Gasteiger partial charge in [0, 0.05) is 12.2 Å². The SMILES string of the molecule is CC.CN1Cc2ccccc2NC(=O)C1CC(=O)O. The molecule has 0 aromatic heterocycles. The van der Waals surface area contributed by atoms with Crippen LogP contribution in [0.1, 0.15) is 25.8 Å². The first-order chi connectivity index (χ1) is 9.08. The number of carboxylic acids is 1. The van der Waals surface area contributed by atoms with Gasteiger partial charge in [0.25, 0.3) is 0 Å². The summed E-state index contributed by atoms with van der Waals surface area (Å²) in [4.78, 5) is 24.4. The smallest absolute Gasteiger partial charge is 0.305 e. The summed E-state index contributed by atoms with van der Waals surface area (Å²) >= 11 is 0. The molecule has 0 spiro atoms. The maximum absolute atomic E-state index is 11.9. The number of carbonyl (C=O) groups excluding carboxylic acids is 1. The van der Waals surface area contributed by atoms with Crippen molar-refractivity contribution < 1.29 is 14.7 Å². The average molecular weight is 264 g/mol. The average Bonchev–Trinajstić information content (AvgIpc) is 2.50. The summed E-state index contributed by atoms with van der Waals surface area (Å²) in [5.74, 6) is -1.23. The molecule has 0 aliphatic carbocycles. The van der Waals surface area contributed by atoms with E-state index in [4.69, 9.17) is 5.11 Å². The minimum atomic E-state index is -0.969. The minimum absolute atomic E-state index is 0.184. The van der Waals surface area contributed by atoms with Crippen LogP contribution in [0.3, 0.4) is 0 Å². The van der Waals surface area contributed by atoms with Crippen LogP contribution in [0, 0.1) is 0 Å². The van der Waals surface area contributed by atoms with E-state index in [0.29, 0.717) is 6.54 Å². The van der Waals surface area contributed by atoms with Crippen LogP contribution in [-0.4, -0.2) is 35.0 Å². The van der Waals surface area contributed by atoms with Crippen molar-refractivity contribution in [3.63, 3.8) is 0 Å². The monoisotopic (exact) mass is 264 g/mol. The maximum atomic E-state index is 11.9. The molecule has 0 saturated heterocycles. The fraction of sp³-hybridized carbons (Fsp3) is 0.429. The van der Waals surface area contributed by atoms with Gasteiger partial charge in [-0.2, -0.15) is 0 Å². The number of aliphatic carboxylic acids is 1. The topological polar surface area (TPSA) is 69.6 Å². The largest absolute Gasteiger partial charge is 0.481 e. The van der Waals surface area contributed by atoms with Gasteiger partial charge < -0.3 is 10.4 Å². The second-order valence-electron chi connectivity index (χ2n) is 4.18. The Labute approximate surface area is 113 Å². The van der Waals surface area contributed by atoms with Gasteiger partial charge in [0.05, 0.1) is 6.42 Å². The number of fused-ring (bicyclic) bond motifs is 1. The van der Waals surface area contributed by atoms with E-state index in [1.54, 1.807) is 11.9 Å².